The number of carbonyl (C=O) groups excluding carboxylic acids is 2. The number of carbonyl (C=O) groups is 2. The van der Waals surface area contributed by atoms with E-state index in [4.69, 9.17) is 9.47 Å². The van der Waals surface area contributed by atoms with E-state index in [9.17, 15) is 9.59 Å². The monoisotopic (exact) mass is 403 g/mol. The zero-order valence-corrected chi connectivity index (χ0v) is 18.0. The normalized spacial score (nSPS) is 20.9. The Balaban J connectivity index is 1.37. The summed E-state index contributed by atoms with van der Waals surface area (Å²) in [6, 6.07) is 9.99. The molecule has 0 bridgehead atoms. The topological polar surface area (TPSA) is 62.3 Å². The van der Waals surface area contributed by atoms with Crippen molar-refractivity contribution < 1.29 is 19.1 Å². The first-order valence-corrected chi connectivity index (χ1v) is 10.4. The Hall–Kier alpha value is -2.28. The van der Waals surface area contributed by atoms with E-state index in [1.807, 2.05) is 51.1 Å². The summed E-state index contributed by atoms with van der Waals surface area (Å²) >= 11 is 0. The molecule has 3 rings (SSSR count). The van der Waals surface area contributed by atoms with Crippen molar-refractivity contribution in [2.45, 2.75) is 45.9 Å². The summed E-state index contributed by atoms with van der Waals surface area (Å²) in [5, 5.41) is 0. The molecule has 2 aliphatic rings. The van der Waals surface area contributed by atoms with Crippen molar-refractivity contribution in [3.05, 3.63) is 35.9 Å². The van der Waals surface area contributed by atoms with E-state index in [0.717, 1.165) is 31.7 Å². The lowest BCUT2D eigenvalue weighted by Gasteiger charge is -2.45. The maximum absolute atomic E-state index is 12.4. The third-order valence-electron chi connectivity index (χ3n) is 5.33. The van der Waals surface area contributed by atoms with Gasteiger partial charge in [0.15, 0.2) is 0 Å². The van der Waals surface area contributed by atoms with Gasteiger partial charge in [0.2, 0.25) is 0 Å². The van der Waals surface area contributed by atoms with Crippen molar-refractivity contribution in [2.75, 3.05) is 39.3 Å². The first kappa shape index (κ1) is 21.4. The lowest BCUT2D eigenvalue weighted by molar-refractivity contribution is -0.0145. The minimum Gasteiger partial charge on any atom is -0.445 e. The molecule has 0 saturated carbocycles. The second-order valence-corrected chi connectivity index (χ2v) is 9.08. The molecule has 7 heteroatoms. The van der Waals surface area contributed by atoms with Gasteiger partial charge in [-0.15, -0.1) is 0 Å². The van der Waals surface area contributed by atoms with Crippen molar-refractivity contribution in [1.82, 2.24) is 14.7 Å². The van der Waals surface area contributed by atoms with Crippen LogP contribution in [0.5, 0.6) is 0 Å². The molecule has 1 atom stereocenters. The largest absolute Gasteiger partial charge is 0.445 e. The van der Waals surface area contributed by atoms with Gasteiger partial charge in [-0.1, -0.05) is 30.3 Å². The fourth-order valence-electron chi connectivity index (χ4n) is 3.74. The molecule has 0 aromatic heterocycles. The van der Waals surface area contributed by atoms with Gasteiger partial charge in [-0.3, -0.25) is 4.90 Å². The van der Waals surface area contributed by atoms with Crippen LogP contribution < -0.4 is 0 Å². The van der Waals surface area contributed by atoms with Crippen LogP contribution >= 0.6 is 0 Å². The first-order chi connectivity index (χ1) is 13.7. The van der Waals surface area contributed by atoms with Crippen molar-refractivity contribution >= 4 is 12.2 Å². The quantitative estimate of drug-likeness (QED) is 0.773. The molecule has 0 aliphatic carbocycles. The molecule has 2 aliphatic heterocycles. The first-order valence-electron chi connectivity index (χ1n) is 10.4. The van der Waals surface area contributed by atoms with Crippen LogP contribution in [-0.2, 0) is 16.1 Å². The standard InChI is InChI=1S/C22H33N3O4/c1-17-12-24(20(26)28-16-18-8-6-5-7-9-18)11-10-23(17)13-19-14-25(15-19)21(27)29-22(2,3)4/h5-9,17,19H,10-16H2,1-4H3/t17-/m0/s1. The number of hydrogen-bond acceptors (Lipinski definition) is 5. The van der Waals surface area contributed by atoms with E-state index in [2.05, 4.69) is 11.8 Å². The maximum atomic E-state index is 12.4. The summed E-state index contributed by atoms with van der Waals surface area (Å²) < 4.78 is 10.9. The second kappa shape index (κ2) is 9.03. The van der Waals surface area contributed by atoms with Crippen LogP contribution in [0.3, 0.4) is 0 Å². The predicted molar refractivity (Wildman–Crippen MR) is 111 cm³/mol. The van der Waals surface area contributed by atoms with Gasteiger partial charge in [-0.05, 0) is 33.3 Å². The van der Waals surface area contributed by atoms with E-state index >= 15 is 0 Å². The number of piperazine rings is 1. The average Bonchev–Trinajstić information content (AvgIpc) is 2.62. The molecule has 1 aromatic rings. The van der Waals surface area contributed by atoms with Gasteiger partial charge in [0.25, 0.3) is 0 Å². The summed E-state index contributed by atoms with van der Waals surface area (Å²) in [5.41, 5.74) is 0.536. The zero-order chi connectivity index (χ0) is 21.0. The molecule has 0 unspecified atom stereocenters. The van der Waals surface area contributed by atoms with Crippen LogP contribution in [-0.4, -0.2) is 77.8 Å². The number of ether oxygens (including phenoxy) is 2. The fourth-order valence-corrected chi connectivity index (χ4v) is 3.74. The number of likely N-dealkylation sites (tertiary alicyclic amines) is 1. The van der Waals surface area contributed by atoms with Crippen LogP contribution in [0.15, 0.2) is 30.3 Å². The molecular weight excluding hydrogens is 370 g/mol. The minimum absolute atomic E-state index is 0.229. The highest BCUT2D eigenvalue weighted by Gasteiger charge is 2.36. The van der Waals surface area contributed by atoms with Gasteiger partial charge in [0.1, 0.15) is 12.2 Å². The molecule has 2 fully saturated rings. The molecule has 2 amide bonds. The summed E-state index contributed by atoms with van der Waals surface area (Å²) in [4.78, 5) is 30.4. The van der Waals surface area contributed by atoms with Crippen LogP contribution in [0.1, 0.15) is 33.3 Å². The highest BCUT2D eigenvalue weighted by Crippen LogP contribution is 2.22. The average molecular weight is 404 g/mol. The van der Waals surface area contributed by atoms with Gasteiger partial charge >= 0.3 is 12.2 Å². The Bertz CT molecular complexity index is 698. The summed E-state index contributed by atoms with van der Waals surface area (Å²) in [7, 11) is 0. The molecular formula is C22H33N3O4. The molecule has 7 nitrogen and oxygen atoms in total. The van der Waals surface area contributed by atoms with Gasteiger partial charge in [-0.2, -0.15) is 0 Å². The third kappa shape index (κ3) is 6.10. The van der Waals surface area contributed by atoms with Crippen LogP contribution in [0.4, 0.5) is 9.59 Å². The molecule has 2 heterocycles. The van der Waals surface area contributed by atoms with Crippen LogP contribution in [0.2, 0.25) is 0 Å². The number of rotatable bonds is 4. The van der Waals surface area contributed by atoms with Crippen LogP contribution in [0, 0.1) is 5.92 Å². The SMILES string of the molecule is C[C@H]1CN(C(=O)OCc2ccccc2)CCN1CC1CN(C(=O)OC(C)(C)C)C1. The van der Waals surface area contributed by atoms with Crippen molar-refractivity contribution in [3.63, 3.8) is 0 Å². The lowest BCUT2D eigenvalue weighted by atomic mass is 9.98. The molecule has 160 valence electrons. The molecule has 29 heavy (non-hydrogen) atoms. The van der Waals surface area contributed by atoms with Crippen molar-refractivity contribution in [1.29, 1.82) is 0 Å². The minimum atomic E-state index is -0.456. The Morgan fingerprint density at radius 3 is 2.31 bits per heavy atom. The summed E-state index contributed by atoms with van der Waals surface area (Å²) in [6.07, 6.45) is -0.479. The van der Waals surface area contributed by atoms with Crippen LogP contribution in [0.25, 0.3) is 0 Å². The van der Waals surface area contributed by atoms with E-state index in [-0.39, 0.29) is 18.2 Å². The van der Waals surface area contributed by atoms with Gasteiger partial charge in [-0.25, -0.2) is 9.59 Å². The Kier molecular flexibility index (Phi) is 6.67. The number of amides is 2. The number of nitrogens with zero attached hydrogens (tertiary/aromatic N) is 3. The van der Waals surface area contributed by atoms with Gasteiger partial charge in [0, 0.05) is 51.2 Å². The molecule has 2 saturated heterocycles. The molecule has 0 radical (unpaired) electrons. The van der Waals surface area contributed by atoms with E-state index in [1.165, 1.54) is 0 Å². The Morgan fingerprint density at radius 2 is 1.69 bits per heavy atom. The maximum Gasteiger partial charge on any atom is 0.410 e. The van der Waals surface area contributed by atoms with Gasteiger partial charge in [0.05, 0.1) is 0 Å². The summed E-state index contributed by atoms with van der Waals surface area (Å²) in [5.74, 6) is 0.460. The number of hydrogen-bond donors (Lipinski definition) is 0. The summed E-state index contributed by atoms with van der Waals surface area (Å²) in [6.45, 7) is 12.7. The second-order valence-electron chi connectivity index (χ2n) is 9.08. The molecule has 0 N–H and O–H groups in total. The van der Waals surface area contributed by atoms with E-state index in [0.29, 0.717) is 25.6 Å². The third-order valence-corrected chi connectivity index (χ3v) is 5.33. The molecule has 1 aromatic carbocycles. The predicted octanol–water partition coefficient (Wildman–Crippen LogP) is 3.20. The highest BCUT2D eigenvalue weighted by molar-refractivity contribution is 5.69. The van der Waals surface area contributed by atoms with E-state index < -0.39 is 5.60 Å². The van der Waals surface area contributed by atoms with Gasteiger partial charge < -0.3 is 19.3 Å². The fraction of sp³-hybridized carbons (Fsp3) is 0.636. The molecule has 0 spiro atoms. The Labute approximate surface area is 173 Å². The van der Waals surface area contributed by atoms with Crippen molar-refractivity contribution in [3.8, 4) is 0 Å². The Morgan fingerprint density at radius 1 is 1.00 bits per heavy atom. The smallest absolute Gasteiger partial charge is 0.410 e. The van der Waals surface area contributed by atoms with E-state index in [1.54, 1.807) is 9.80 Å². The van der Waals surface area contributed by atoms with Crippen molar-refractivity contribution in [2.24, 2.45) is 5.92 Å². The lowest BCUT2D eigenvalue weighted by Crippen LogP contribution is -2.59. The highest BCUT2D eigenvalue weighted by atomic mass is 16.6. The number of benzene rings is 1. The zero-order valence-electron chi connectivity index (χ0n) is 18.0.